The molecule has 1 unspecified atom stereocenters. The van der Waals surface area contributed by atoms with Crippen LogP contribution in [-0.2, 0) is 14.3 Å². The molecule has 1 atom stereocenters. The Morgan fingerprint density at radius 2 is 2.04 bits per heavy atom. The normalized spacial score (nSPS) is 17.0. The summed E-state index contributed by atoms with van der Waals surface area (Å²) in [6.07, 6.45) is 1.75. The van der Waals surface area contributed by atoms with Crippen LogP contribution in [0.3, 0.4) is 0 Å². The Kier molecular flexibility index (Phi) is 5.82. The van der Waals surface area contributed by atoms with E-state index in [0.717, 1.165) is 34.2 Å². The first-order valence-corrected chi connectivity index (χ1v) is 9.38. The van der Waals surface area contributed by atoms with Crippen molar-refractivity contribution in [3.05, 3.63) is 29.3 Å². The fraction of sp³-hybridized carbons (Fsp3) is 0.444. The number of benzene rings is 1. The van der Waals surface area contributed by atoms with Gasteiger partial charge in [-0.25, -0.2) is 4.79 Å². The Morgan fingerprint density at radius 3 is 2.73 bits per heavy atom. The maximum absolute atomic E-state index is 12.2. The molecular weight excluding hydrogens is 354 g/mol. The molecule has 0 radical (unpaired) electrons. The van der Waals surface area contributed by atoms with Crippen LogP contribution in [0.2, 0.25) is 0 Å². The second kappa shape index (κ2) is 8.27. The predicted octanol–water partition coefficient (Wildman–Crippen LogP) is 2.48. The van der Waals surface area contributed by atoms with Gasteiger partial charge in [-0.05, 0) is 44.0 Å². The average molecular weight is 375 g/mol. The van der Waals surface area contributed by atoms with Crippen LogP contribution < -0.4 is 4.74 Å². The molecule has 1 fully saturated rings. The molecule has 0 spiro atoms. The van der Waals surface area contributed by atoms with Gasteiger partial charge < -0.3 is 14.4 Å². The zero-order valence-electron chi connectivity index (χ0n) is 14.8. The Morgan fingerprint density at radius 1 is 1.27 bits per heavy atom. The topological polar surface area (TPSA) is 81.6 Å². The number of carbonyl (C=O) groups excluding carboxylic acids is 2. The third kappa shape index (κ3) is 4.01. The van der Waals surface area contributed by atoms with Crippen LogP contribution in [0.1, 0.15) is 30.7 Å². The number of piperidine rings is 1. The quantitative estimate of drug-likeness (QED) is 0.603. The number of methoxy groups -OCH3 is 1. The molecule has 0 aliphatic carbocycles. The van der Waals surface area contributed by atoms with Crippen LogP contribution in [0, 0.1) is 0 Å². The molecule has 1 saturated heterocycles. The number of likely N-dealkylation sites (tertiary alicyclic amines) is 1. The molecule has 2 aromatic rings. The first-order valence-electron chi connectivity index (χ1n) is 8.56. The number of carbonyl (C=O) groups is 2. The summed E-state index contributed by atoms with van der Waals surface area (Å²) >= 11 is 1.52. The van der Waals surface area contributed by atoms with Gasteiger partial charge in [-0.3, -0.25) is 4.79 Å². The van der Waals surface area contributed by atoms with Crippen molar-refractivity contribution in [2.45, 2.75) is 25.7 Å². The van der Waals surface area contributed by atoms with Gasteiger partial charge in [0, 0.05) is 24.6 Å². The van der Waals surface area contributed by atoms with Crippen LogP contribution in [0.25, 0.3) is 10.6 Å². The predicted molar refractivity (Wildman–Crippen MR) is 97.1 cm³/mol. The van der Waals surface area contributed by atoms with Gasteiger partial charge in [0.25, 0.3) is 0 Å². The molecule has 26 heavy (non-hydrogen) atoms. The fourth-order valence-electron chi connectivity index (χ4n) is 2.93. The van der Waals surface area contributed by atoms with Crippen molar-refractivity contribution in [1.29, 1.82) is 0 Å². The molecule has 1 aromatic carbocycles. The number of hydrogen-bond acceptors (Lipinski definition) is 7. The van der Waals surface area contributed by atoms with E-state index in [4.69, 9.17) is 9.47 Å². The van der Waals surface area contributed by atoms with E-state index >= 15 is 0 Å². The molecule has 1 aliphatic heterocycles. The lowest BCUT2D eigenvalue weighted by Gasteiger charge is -2.30. The van der Waals surface area contributed by atoms with Gasteiger partial charge in [-0.15, -0.1) is 10.2 Å². The third-order valence-electron chi connectivity index (χ3n) is 4.29. The van der Waals surface area contributed by atoms with Gasteiger partial charge in [-0.2, -0.15) is 0 Å². The van der Waals surface area contributed by atoms with Crippen LogP contribution in [-0.4, -0.2) is 53.8 Å². The van der Waals surface area contributed by atoms with E-state index in [-0.39, 0.29) is 12.5 Å². The minimum Gasteiger partial charge on any atom is -0.497 e. The zero-order chi connectivity index (χ0) is 18.5. The summed E-state index contributed by atoms with van der Waals surface area (Å²) in [5, 5.41) is 10.3. The van der Waals surface area contributed by atoms with Gasteiger partial charge >= 0.3 is 11.9 Å². The van der Waals surface area contributed by atoms with Crippen LogP contribution in [0.4, 0.5) is 0 Å². The van der Waals surface area contributed by atoms with Crippen LogP contribution in [0.15, 0.2) is 24.3 Å². The van der Waals surface area contributed by atoms with Crippen molar-refractivity contribution in [3.8, 4) is 16.3 Å². The Labute approximate surface area is 155 Å². The summed E-state index contributed by atoms with van der Waals surface area (Å²) in [4.78, 5) is 25.4. The van der Waals surface area contributed by atoms with Crippen molar-refractivity contribution in [3.63, 3.8) is 0 Å². The van der Waals surface area contributed by atoms with E-state index in [9.17, 15) is 9.59 Å². The highest BCUT2D eigenvalue weighted by Crippen LogP contribution is 2.33. The van der Waals surface area contributed by atoms with Gasteiger partial charge in [0.1, 0.15) is 15.8 Å². The number of esters is 1. The van der Waals surface area contributed by atoms with Crippen molar-refractivity contribution >= 4 is 23.2 Å². The molecule has 0 N–H and O–H groups in total. The van der Waals surface area contributed by atoms with Crippen molar-refractivity contribution in [1.82, 2.24) is 15.1 Å². The number of nitrogens with zero attached hydrogens (tertiary/aromatic N) is 3. The summed E-state index contributed by atoms with van der Waals surface area (Å²) in [5.41, 5.74) is 0.977. The molecule has 138 valence electrons. The van der Waals surface area contributed by atoms with E-state index in [1.165, 1.54) is 11.3 Å². The first kappa shape index (κ1) is 18.3. The highest BCUT2D eigenvalue weighted by Gasteiger charge is 2.31. The standard InChI is InChI=1S/C18H21N3O4S/c1-3-25-18(23)17(22)21-10-4-5-13(11-21)16-20-19-15(26-16)12-6-8-14(24-2)9-7-12/h6-9,13H,3-5,10-11H2,1-2H3. The largest absolute Gasteiger partial charge is 0.497 e. The summed E-state index contributed by atoms with van der Waals surface area (Å²) in [5.74, 6) is -0.480. The molecule has 1 aromatic heterocycles. The maximum Gasteiger partial charge on any atom is 0.397 e. The summed E-state index contributed by atoms with van der Waals surface area (Å²) in [6, 6.07) is 7.66. The smallest absolute Gasteiger partial charge is 0.397 e. The Balaban J connectivity index is 1.70. The van der Waals surface area contributed by atoms with Crippen LogP contribution >= 0.6 is 11.3 Å². The number of aromatic nitrogens is 2. The minimum absolute atomic E-state index is 0.0895. The second-order valence-electron chi connectivity index (χ2n) is 5.98. The Bertz CT molecular complexity index is 775. The molecule has 3 rings (SSSR count). The monoisotopic (exact) mass is 375 g/mol. The van der Waals surface area contributed by atoms with E-state index in [1.807, 2.05) is 24.3 Å². The molecule has 0 bridgehead atoms. The molecule has 1 amide bonds. The first-order chi connectivity index (χ1) is 12.6. The maximum atomic E-state index is 12.2. The molecule has 2 heterocycles. The Hall–Kier alpha value is -2.48. The molecule has 7 nitrogen and oxygen atoms in total. The SMILES string of the molecule is CCOC(=O)C(=O)N1CCCC(c2nnc(-c3ccc(OC)cc3)s2)C1. The molecule has 1 aliphatic rings. The highest BCUT2D eigenvalue weighted by atomic mass is 32.1. The summed E-state index contributed by atoms with van der Waals surface area (Å²) in [7, 11) is 1.63. The summed E-state index contributed by atoms with van der Waals surface area (Å²) in [6.45, 7) is 2.92. The number of ether oxygens (including phenoxy) is 2. The van der Waals surface area contributed by atoms with E-state index in [2.05, 4.69) is 10.2 Å². The average Bonchev–Trinajstić information content (AvgIpc) is 3.18. The lowest BCUT2D eigenvalue weighted by molar-refractivity contribution is -0.160. The van der Waals surface area contributed by atoms with E-state index < -0.39 is 11.9 Å². The van der Waals surface area contributed by atoms with Crippen molar-refractivity contribution < 1.29 is 19.1 Å². The third-order valence-corrected chi connectivity index (χ3v) is 5.42. The highest BCUT2D eigenvalue weighted by molar-refractivity contribution is 7.14. The van der Waals surface area contributed by atoms with Crippen molar-refractivity contribution in [2.24, 2.45) is 0 Å². The van der Waals surface area contributed by atoms with Gasteiger partial charge in [-0.1, -0.05) is 11.3 Å². The van der Waals surface area contributed by atoms with Crippen molar-refractivity contribution in [2.75, 3.05) is 26.8 Å². The second-order valence-corrected chi connectivity index (χ2v) is 6.99. The van der Waals surface area contributed by atoms with Gasteiger partial charge in [0.2, 0.25) is 0 Å². The summed E-state index contributed by atoms with van der Waals surface area (Å²) < 4.78 is 9.98. The number of rotatable bonds is 4. The van der Waals surface area contributed by atoms with E-state index in [0.29, 0.717) is 13.1 Å². The molecule has 0 saturated carbocycles. The van der Waals surface area contributed by atoms with E-state index in [1.54, 1.807) is 18.9 Å². The van der Waals surface area contributed by atoms with Gasteiger partial charge in [0.05, 0.1) is 13.7 Å². The lowest BCUT2D eigenvalue weighted by Crippen LogP contribution is -2.43. The number of amides is 1. The fourth-order valence-corrected chi connectivity index (χ4v) is 3.91. The van der Waals surface area contributed by atoms with Gasteiger partial charge in [0.15, 0.2) is 0 Å². The van der Waals surface area contributed by atoms with Crippen LogP contribution in [0.5, 0.6) is 5.75 Å². The molecule has 8 heteroatoms. The zero-order valence-corrected chi connectivity index (χ0v) is 15.6. The molecular formula is C18H21N3O4S. The lowest BCUT2D eigenvalue weighted by atomic mass is 9.99. The number of hydrogen-bond donors (Lipinski definition) is 0. The minimum atomic E-state index is -0.788.